The molecule has 6 heteroatoms. The van der Waals surface area contributed by atoms with Crippen LogP contribution in [0.3, 0.4) is 0 Å². The molecular weight excluding hydrogens is 344 g/mol. The van der Waals surface area contributed by atoms with Gasteiger partial charge in [-0.2, -0.15) is 0 Å². The molecule has 0 aromatic heterocycles. The fourth-order valence-corrected chi connectivity index (χ4v) is 3.05. The topological polar surface area (TPSA) is 67.9 Å². The fourth-order valence-electron chi connectivity index (χ4n) is 3.05. The monoisotopic (exact) mass is 368 g/mol. The summed E-state index contributed by atoms with van der Waals surface area (Å²) in [5.74, 6) is 1.22. The van der Waals surface area contributed by atoms with Crippen LogP contribution in [0.15, 0.2) is 48.5 Å². The van der Waals surface area contributed by atoms with Crippen molar-refractivity contribution in [1.29, 1.82) is 0 Å². The minimum Gasteiger partial charge on any atom is -0.497 e. The summed E-state index contributed by atoms with van der Waals surface area (Å²) in [7, 11) is 1.61. The molecule has 0 fully saturated rings. The summed E-state index contributed by atoms with van der Waals surface area (Å²) in [5.41, 5.74) is 1.71. The molecule has 0 aliphatic carbocycles. The van der Waals surface area contributed by atoms with Crippen LogP contribution in [0.25, 0.3) is 0 Å². The Morgan fingerprint density at radius 3 is 2.81 bits per heavy atom. The average Bonchev–Trinajstić information content (AvgIpc) is 2.69. The molecule has 1 atom stereocenters. The molecule has 3 rings (SSSR count). The number of ether oxygens (including phenoxy) is 2. The third kappa shape index (κ3) is 4.78. The molecule has 1 heterocycles. The highest BCUT2D eigenvalue weighted by molar-refractivity contribution is 5.97. The maximum absolute atomic E-state index is 12.6. The molecule has 0 radical (unpaired) electrons. The van der Waals surface area contributed by atoms with E-state index in [1.165, 1.54) is 0 Å². The van der Waals surface area contributed by atoms with Crippen LogP contribution in [0, 0.1) is 0 Å². The van der Waals surface area contributed by atoms with Crippen molar-refractivity contribution in [2.75, 3.05) is 18.6 Å². The molecule has 2 aromatic carbocycles. The van der Waals surface area contributed by atoms with Gasteiger partial charge in [-0.15, -0.1) is 0 Å². The number of anilines is 1. The highest BCUT2D eigenvalue weighted by atomic mass is 16.5. The zero-order valence-corrected chi connectivity index (χ0v) is 15.6. The van der Waals surface area contributed by atoms with E-state index in [0.29, 0.717) is 18.8 Å². The van der Waals surface area contributed by atoms with Crippen molar-refractivity contribution < 1.29 is 19.1 Å². The van der Waals surface area contributed by atoms with Crippen LogP contribution < -0.4 is 19.7 Å². The lowest BCUT2D eigenvalue weighted by Crippen LogP contribution is -2.42. The lowest BCUT2D eigenvalue weighted by Gasteiger charge is -2.33. The summed E-state index contributed by atoms with van der Waals surface area (Å²) in [6.45, 7) is 2.82. The molecule has 6 nitrogen and oxygen atoms in total. The van der Waals surface area contributed by atoms with Crippen molar-refractivity contribution in [3.8, 4) is 11.5 Å². The number of rotatable bonds is 6. The molecule has 0 saturated carbocycles. The summed E-state index contributed by atoms with van der Waals surface area (Å²) in [5, 5.41) is 2.85. The van der Waals surface area contributed by atoms with E-state index >= 15 is 0 Å². The second kappa shape index (κ2) is 8.58. The Kier molecular flexibility index (Phi) is 5.96. The van der Waals surface area contributed by atoms with Gasteiger partial charge in [0.15, 0.2) is 0 Å². The number of amides is 2. The zero-order chi connectivity index (χ0) is 19.2. The van der Waals surface area contributed by atoms with E-state index in [4.69, 9.17) is 9.47 Å². The molecule has 27 heavy (non-hydrogen) atoms. The number of methoxy groups -OCH3 is 1. The fraction of sp³-hybridized carbons (Fsp3) is 0.333. The molecule has 0 bridgehead atoms. The molecule has 1 N–H and O–H groups in total. The van der Waals surface area contributed by atoms with Crippen LogP contribution in [-0.4, -0.2) is 31.6 Å². The van der Waals surface area contributed by atoms with E-state index in [1.54, 1.807) is 12.0 Å². The first-order chi connectivity index (χ1) is 13.1. The first-order valence-corrected chi connectivity index (χ1v) is 9.02. The minimum atomic E-state index is -0.152. The normalized spacial score (nSPS) is 15.5. The average molecular weight is 368 g/mol. The van der Waals surface area contributed by atoms with Crippen molar-refractivity contribution in [3.63, 3.8) is 0 Å². The second-order valence-electron chi connectivity index (χ2n) is 6.53. The third-order valence-electron chi connectivity index (χ3n) is 4.41. The van der Waals surface area contributed by atoms with Gasteiger partial charge in [-0.3, -0.25) is 9.59 Å². The molecule has 142 valence electrons. The highest BCUT2D eigenvalue weighted by Crippen LogP contribution is 2.33. The number of carbonyl (C=O) groups excluding carboxylic acids is 2. The Labute approximate surface area is 159 Å². The number of hydrogen-bond acceptors (Lipinski definition) is 4. The van der Waals surface area contributed by atoms with Gasteiger partial charge >= 0.3 is 0 Å². The molecule has 0 saturated heterocycles. The van der Waals surface area contributed by atoms with E-state index in [0.717, 1.165) is 17.0 Å². The van der Waals surface area contributed by atoms with E-state index in [-0.39, 0.29) is 30.8 Å². The minimum absolute atomic E-state index is 0.0749. The smallest absolute Gasteiger partial charge is 0.227 e. The van der Waals surface area contributed by atoms with Gasteiger partial charge in [-0.1, -0.05) is 24.3 Å². The van der Waals surface area contributed by atoms with Crippen LogP contribution >= 0.6 is 0 Å². The Balaban J connectivity index is 1.52. The van der Waals surface area contributed by atoms with E-state index in [9.17, 15) is 9.59 Å². The predicted molar refractivity (Wildman–Crippen MR) is 103 cm³/mol. The van der Waals surface area contributed by atoms with E-state index in [1.807, 2.05) is 55.5 Å². The number of carbonyl (C=O) groups is 2. The van der Waals surface area contributed by atoms with Crippen molar-refractivity contribution in [1.82, 2.24) is 5.32 Å². The first kappa shape index (κ1) is 18.8. The Morgan fingerprint density at radius 2 is 2.00 bits per heavy atom. The van der Waals surface area contributed by atoms with Crippen molar-refractivity contribution in [3.05, 3.63) is 54.1 Å². The van der Waals surface area contributed by atoms with Gasteiger partial charge < -0.3 is 19.7 Å². The van der Waals surface area contributed by atoms with Crippen molar-refractivity contribution >= 4 is 17.5 Å². The number of benzene rings is 2. The summed E-state index contributed by atoms with van der Waals surface area (Å²) < 4.78 is 10.9. The molecule has 1 aliphatic rings. The van der Waals surface area contributed by atoms with Gasteiger partial charge in [0.1, 0.15) is 17.6 Å². The molecule has 2 amide bonds. The largest absolute Gasteiger partial charge is 0.497 e. The van der Waals surface area contributed by atoms with Crippen LogP contribution in [0.2, 0.25) is 0 Å². The van der Waals surface area contributed by atoms with Gasteiger partial charge in [0.2, 0.25) is 11.8 Å². The molecule has 0 unspecified atom stereocenters. The van der Waals surface area contributed by atoms with E-state index < -0.39 is 0 Å². The molecular formula is C21H24N2O4. The number of para-hydroxylation sites is 2. The first-order valence-electron chi connectivity index (χ1n) is 9.02. The number of nitrogens with one attached hydrogen (secondary N) is 1. The number of fused-ring (bicyclic) bond motifs is 1. The standard InChI is InChI=1S/C21H24N2O4/c1-15-14-23(18-8-3-4-9-19(18)27-15)21(25)11-10-20(24)22-13-16-6-5-7-17(12-16)26-2/h3-9,12,15H,10-11,13-14H2,1-2H3,(H,22,24)/t15-/m0/s1. The lowest BCUT2D eigenvalue weighted by molar-refractivity contribution is -0.125. The van der Waals surface area contributed by atoms with E-state index in [2.05, 4.69) is 5.32 Å². The lowest BCUT2D eigenvalue weighted by atomic mass is 10.1. The Hall–Kier alpha value is -3.02. The molecule has 0 spiro atoms. The zero-order valence-electron chi connectivity index (χ0n) is 15.6. The number of nitrogens with zero attached hydrogens (tertiary/aromatic N) is 1. The quantitative estimate of drug-likeness (QED) is 0.851. The maximum Gasteiger partial charge on any atom is 0.227 e. The van der Waals surface area contributed by atoms with Crippen LogP contribution in [-0.2, 0) is 16.1 Å². The van der Waals surface area contributed by atoms with Crippen LogP contribution in [0.5, 0.6) is 11.5 Å². The van der Waals surface area contributed by atoms with Gasteiger partial charge in [0, 0.05) is 19.4 Å². The third-order valence-corrected chi connectivity index (χ3v) is 4.41. The second-order valence-corrected chi connectivity index (χ2v) is 6.53. The summed E-state index contributed by atoms with van der Waals surface area (Å²) in [6.07, 6.45) is 0.229. The summed E-state index contributed by atoms with van der Waals surface area (Å²) in [6, 6.07) is 15.0. The molecule has 1 aliphatic heterocycles. The summed E-state index contributed by atoms with van der Waals surface area (Å²) in [4.78, 5) is 26.5. The van der Waals surface area contributed by atoms with Gasteiger partial charge in [0.05, 0.1) is 19.3 Å². The van der Waals surface area contributed by atoms with Crippen molar-refractivity contribution in [2.45, 2.75) is 32.4 Å². The SMILES string of the molecule is COc1cccc(CNC(=O)CCC(=O)N2C[C@H](C)Oc3ccccc32)c1. The predicted octanol–water partition coefficient (Wildman–Crippen LogP) is 2.91. The molecule has 2 aromatic rings. The Bertz CT molecular complexity index is 821. The Morgan fingerprint density at radius 1 is 1.19 bits per heavy atom. The van der Waals surface area contributed by atoms with Crippen LogP contribution in [0.1, 0.15) is 25.3 Å². The highest BCUT2D eigenvalue weighted by Gasteiger charge is 2.27. The van der Waals surface area contributed by atoms with Gasteiger partial charge in [0.25, 0.3) is 0 Å². The van der Waals surface area contributed by atoms with Crippen molar-refractivity contribution in [2.24, 2.45) is 0 Å². The van der Waals surface area contributed by atoms with Crippen LogP contribution in [0.4, 0.5) is 5.69 Å². The summed E-state index contributed by atoms with van der Waals surface area (Å²) >= 11 is 0. The van der Waals surface area contributed by atoms with Gasteiger partial charge in [-0.25, -0.2) is 0 Å². The van der Waals surface area contributed by atoms with Gasteiger partial charge in [-0.05, 0) is 36.8 Å². The number of hydrogen-bond donors (Lipinski definition) is 1. The maximum atomic E-state index is 12.6.